The maximum Gasteiger partial charge on any atom is 0.137 e. The molecule has 0 atom stereocenters. The quantitative estimate of drug-likeness (QED) is 0.161. The molecule has 3 heteroatoms. The number of fused-ring (bicyclic) bond motifs is 7. The topological polar surface area (TPSA) is 21.3 Å². The van der Waals surface area contributed by atoms with Gasteiger partial charge < -0.3 is 13.9 Å². The highest BCUT2D eigenvalue weighted by molar-refractivity contribution is 6.12. The molecule has 0 spiro atoms. The fourth-order valence-electron chi connectivity index (χ4n) is 9.28. The summed E-state index contributed by atoms with van der Waals surface area (Å²) in [5.41, 5.74) is 15.5. The largest absolute Gasteiger partial charge is 0.456 e. The summed E-state index contributed by atoms with van der Waals surface area (Å²) in [5.74, 6) is 0. The second-order valence-electron chi connectivity index (χ2n) is 15.7. The van der Waals surface area contributed by atoms with Gasteiger partial charge in [0.15, 0.2) is 0 Å². The van der Waals surface area contributed by atoms with Gasteiger partial charge in [0.1, 0.15) is 11.2 Å². The van der Waals surface area contributed by atoms with Crippen LogP contribution in [-0.4, -0.2) is 4.57 Å². The number of hydrogen-bond donors (Lipinski definition) is 0. The van der Waals surface area contributed by atoms with Crippen molar-refractivity contribution in [2.45, 2.75) is 0 Å². The van der Waals surface area contributed by atoms with E-state index in [0.717, 1.165) is 50.1 Å². The first kappa shape index (κ1) is 34.9. The van der Waals surface area contributed by atoms with Crippen molar-refractivity contribution in [2.75, 3.05) is 4.90 Å². The molecule has 2 aromatic heterocycles. The maximum absolute atomic E-state index is 6.43. The molecule has 12 rings (SSSR count). The Bertz CT molecular complexity index is 3570. The molecule has 3 nitrogen and oxygen atoms in total. The van der Waals surface area contributed by atoms with Gasteiger partial charge in [-0.15, -0.1) is 0 Å². The molecule has 61 heavy (non-hydrogen) atoms. The predicted molar refractivity (Wildman–Crippen MR) is 257 cm³/mol. The summed E-state index contributed by atoms with van der Waals surface area (Å²) in [5, 5.41) is 7.20. The summed E-state index contributed by atoms with van der Waals surface area (Å²) >= 11 is 0. The fourth-order valence-corrected chi connectivity index (χ4v) is 9.28. The van der Waals surface area contributed by atoms with Crippen molar-refractivity contribution >= 4 is 71.6 Å². The zero-order chi connectivity index (χ0) is 40.3. The molecular weight excluding hydrogens is 741 g/mol. The Labute approximate surface area is 353 Å². The summed E-state index contributed by atoms with van der Waals surface area (Å²) in [4.78, 5) is 2.35. The van der Waals surface area contributed by atoms with Crippen LogP contribution in [0.5, 0.6) is 0 Å². The minimum atomic E-state index is 0.864. The summed E-state index contributed by atoms with van der Waals surface area (Å²) in [6, 6.07) is 82.9. The maximum atomic E-state index is 6.43. The van der Waals surface area contributed by atoms with Gasteiger partial charge in [0, 0.05) is 49.9 Å². The Kier molecular flexibility index (Phi) is 8.17. The lowest BCUT2D eigenvalue weighted by atomic mass is 9.97. The number of anilines is 3. The first-order chi connectivity index (χ1) is 30.2. The first-order valence-corrected chi connectivity index (χ1v) is 20.8. The standard InChI is InChI=1S/C58H38N2O/c1-2-13-39(14-3-1)40-29-32-45(33-30-40)59(46-34-36-52-51-20-8-11-24-57(51)61-58(52)38-46)53-21-9-6-18-48(53)43-27-25-41(26-28-43)44-31-35-50-49-19-7-10-22-55(49)60(56(50)37-44)54-23-12-16-42-15-4-5-17-47(42)54/h1-38H. The Morgan fingerprint density at radius 3 is 1.77 bits per heavy atom. The van der Waals surface area contributed by atoms with E-state index in [4.69, 9.17) is 4.42 Å². The van der Waals surface area contributed by atoms with Crippen LogP contribution in [0.15, 0.2) is 235 Å². The molecule has 0 amide bonds. The van der Waals surface area contributed by atoms with E-state index in [1.807, 2.05) is 12.1 Å². The van der Waals surface area contributed by atoms with Crippen LogP contribution in [-0.2, 0) is 0 Å². The smallest absolute Gasteiger partial charge is 0.137 e. The van der Waals surface area contributed by atoms with Crippen molar-refractivity contribution in [1.29, 1.82) is 0 Å². The fraction of sp³-hybridized carbons (Fsp3) is 0. The van der Waals surface area contributed by atoms with Crippen LogP contribution in [0.3, 0.4) is 0 Å². The molecule has 0 N–H and O–H groups in total. The molecule has 0 aliphatic heterocycles. The number of nitrogens with zero attached hydrogens (tertiary/aromatic N) is 2. The second-order valence-corrected chi connectivity index (χ2v) is 15.7. The lowest BCUT2D eigenvalue weighted by molar-refractivity contribution is 0.669. The van der Waals surface area contributed by atoms with E-state index < -0.39 is 0 Å². The minimum absolute atomic E-state index is 0.864. The molecule has 0 bridgehead atoms. The highest BCUT2D eigenvalue weighted by Crippen LogP contribution is 2.44. The number of furan rings is 1. The van der Waals surface area contributed by atoms with E-state index in [1.165, 1.54) is 60.5 Å². The Morgan fingerprint density at radius 2 is 0.902 bits per heavy atom. The molecule has 2 heterocycles. The Hall–Kier alpha value is -8.14. The van der Waals surface area contributed by atoms with E-state index in [0.29, 0.717) is 0 Å². The molecule has 0 aliphatic carbocycles. The second kappa shape index (κ2) is 14.3. The van der Waals surface area contributed by atoms with Crippen LogP contribution in [0.2, 0.25) is 0 Å². The number of benzene rings is 10. The predicted octanol–water partition coefficient (Wildman–Crippen LogP) is 16.3. The van der Waals surface area contributed by atoms with Gasteiger partial charge >= 0.3 is 0 Å². The van der Waals surface area contributed by atoms with Gasteiger partial charge in [-0.3, -0.25) is 0 Å². The van der Waals surface area contributed by atoms with Gasteiger partial charge in [-0.2, -0.15) is 0 Å². The third kappa shape index (κ3) is 5.90. The summed E-state index contributed by atoms with van der Waals surface area (Å²) in [6.45, 7) is 0. The van der Waals surface area contributed by atoms with Crippen LogP contribution in [0.25, 0.3) is 93.6 Å². The monoisotopic (exact) mass is 778 g/mol. The number of para-hydroxylation sites is 3. The summed E-state index contributed by atoms with van der Waals surface area (Å²) < 4.78 is 8.86. The molecule has 0 fully saturated rings. The zero-order valence-electron chi connectivity index (χ0n) is 33.2. The van der Waals surface area contributed by atoms with Crippen molar-refractivity contribution in [3.63, 3.8) is 0 Å². The van der Waals surface area contributed by atoms with E-state index in [-0.39, 0.29) is 0 Å². The third-order valence-corrected chi connectivity index (χ3v) is 12.2. The molecule has 0 unspecified atom stereocenters. The molecule has 286 valence electrons. The average Bonchev–Trinajstić information content (AvgIpc) is 3.87. The number of aromatic nitrogens is 1. The molecule has 12 aromatic rings. The highest BCUT2D eigenvalue weighted by Gasteiger charge is 2.20. The van der Waals surface area contributed by atoms with Crippen molar-refractivity contribution < 1.29 is 4.42 Å². The van der Waals surface area contributed by atoms with Gasteiger partial charge in [0.05, 0.1) is 22.4 Å². The van der Waals surface area contributed by atoms with E-state index >= 15 is 0 Å². The van der Waals surface area contributed by atoms with Gasteiger partial charge in [0.2, 0.25) is 0 Å². The summed E-state index contributed by atoms with van der Waals surface area (Å²) in [7, 11) is 0. The molecule has 0 saturated heterocycles. The van der Waals surface area contributed by atoms with Crippen LogP contribution >= 0.6 is 0 Å². The van der Waals surface area contributed by atoms with Crippen molar-refractivity contribution in [3.8, 4) is 39.1 Å². The molecule has 0 aliphatic rings. The molecular formula is C58H38N2O. The zero-order valence-corrected chi connectivity index (χ0v) is 33.2. The van der Waals surface area contributed by atoms with Gasteiger partial charge in [-0.1, -0.05) is 170 Å². The van der Waals surface area contributed by atoms with Gasteiger partial charge in [-0.25, -0.2) is 0 Å². The van der Waals surface area contributed by atoms with Crippen LogP contribution in [0.1, 0.15) is 0 Å². The van der Waals surface area contributed by atoms with Crippen molar-refractivity contribution in [2.24, 2.45) is 0 Å². The van der Waals surface area contributed by atoms with Crippen LogP contribution in [0, 0.1) is 0 Å². The number of hydrogen-bond acceptors (Lipinski definition) is 2. The van der Waals surface area contributed by atoms with E-state index in [1.54, 1.807) is 0 Å². The van der Waals surface area contributed by atoms with Crippen LogP contribution in [0.4, 0.5) is 17.1 Å². The van der Waals surface area contributed by atoms with Crippen molar-refractivity contribution in [1.82, 2.24) is 4.57 Å². The Morgan fingerprint density at radius 1 is 0.328 bits per heavy atom. The lowest BCUT2D eigenvalue weighted by Crippen LogP contribution is -2.11. The lowest BCUT2D eigenvalue weighted by Gasteiger charge is -2.28. The van der Waals surface area contributed by atoms with Gasteiger partial charge in [-0.05, 0) is 87.8 Å². The first-order valence-electron chi connectivity index (χ1n) is 20.8. The number of rotatable bonds is 7. The van der Waals surface area contributed by atoms with E-state index in [2.05, 4.69) is 228 Å². The Balaban J connectivity index is 0.966. The molecule has 0 radical (unpaired) electrons. The third-order valence-electron chi connectivity index (χ3n) is 12.2. The highest BCUT2D eigenvalue weighted by atomic mass is 16.3. The molecule has 0 saturated carbocycles. The molecule has 10 aromatic carbocycles. The normalized spacial score (nSPS) is 11.6. The average molecular weight is 779 g/mol. The SMILES string of the molecule is c1ccc(-c2ccc(N(c3ccc4c(c3)oc3ccccc34)c3ccccc3-c3ccc(-c4ccc5c6ccccc6n(-c6cccc7ccccc67)c5c4)cc3)cc2)cc1. The minimum Gasteiger partial charge on any atom is -0.456 e. The van der Waals surface area contributed by atoms with Crippen molar-refractivity contribution in [3.05, 3.63) is 231 Å². The van der Waals surface area contributed by atoms with E-state index in [9.17, 15) is 0 Å². The summed E-state index contributed by atoms with van der Waals surface area (Å²) in [6.07, 6.45) is 0. The van der Waals surface area contributed by atoms with Gasteiger partial charge in [0.25, 0.3) is 0 Å². The van der Waals surface area contributed by atoms with Crippen LogP contribution < -0.4 is 4.90 Å².